The molecule has 1 atom stereocenters. The average molecular weight is 198 g/mol. The standard InChI is InChI=1S/C10H12F2N2/c1-2-3-10(14-13)8-6-7(11)4-5-9(8)12/h2,4-6,10,14H,1,3,13H2. The number of halogens is 2. The van der Waals surface area contributed by atoms with Crippen LogP contribution in [0.5, 0.6) is 0 Å². The predicted molar refractivity (Wildman–Crippen MR) is 51.2 cm³/mol. The van der Waals surface area contributed by atoms with Crippen LogP contribution in [-0.2, 0) is 0 Å². The Morgan fingerprint density at radius 2 is 2.21 bits per heavy atom. The summed E-state index contributed by atoms with van der Waals surface area (Å²) in [6.45, 7) is 3.51. The summed E-state index contributed by atoms with van der Waals surface area (Å²) in [5.74, 6) is 4.27. The minimum absolute atomic E-state index is 0.215. The van der Waals surface area contributed by atoms with Gasteiger partial charge in [-0.05, 0) is 24.6 Å². The maximum Gasteiger partial charge on any atom is 0.128 e. The van der Waals surface area contributed by atoms with Crippen LogP contribution in [0.2, 0.25) is 0 Å². The number of benzene rings is 1. The zero-order valence-electron chi connectivity index (χ0n) is 7.63. The maximum atomic E-state index is 13.2. The number of nitrogens with one attached hydrogen (secondary N) is 1. The fourth-order valence-corrected chi connectivity index (χ4v) is 1.23. The second-order valence-electron chi connectivity index (χ2n) is 2.91. The normalized spacial score (nSPS) is 12.5. The van der Waals surface area contributed by atoms with Crippen LogP contribution in [0, 0.1) is 11.6 Å². The van der Waals surface area contributed by atoms with Crippen LogP contribution in [0.25, 0.3) is 0 Å². The SMILES string of the molecule is C=CCC(NN)c1cc(F)ccc1F. The quantitative estimate of drug-likeness (QED) is 0.441. The summed E-state index contributed by atoms with van der Waals surface area (Å²) >= 11 is 0. The fraction of sp³-hybridized carbons (Fsp3) is 0.200. The molecule has 0 heterocycles. The molecule has 2 nitrogen and oxygen atoms in total. The van der Waals surface area contributed by atoms with Crippen molar-refractivity contribution >= 4 is 0 Å². The molecular formula is C10H12F2N2. The van der Waals surface area contributed by atoms with E-state index in [0.29, 0.717) is 6.42 Å². The highest BCUT2D eigenvalue weighted by atomic mass is 19.1. The number of hydrazine groups is 1. The topological polar surface area (TPSA) is 38.0 Å². The summed E-state index contributed by atoms with van der Waals surface area (Å²) in [4.78, 5) is 0. The van der Waals surface area contributed by atoms with Gasteiger partial charge in [0, 0.05) is 5.56 Å². The highest BCUT2D eigenvalue weighted by Crippen LogP contribution is 2.20. The Balaban J connectivity index is 3.01. The molecule has 1 aromatic carbocycles. The Hall–Kier alpha value is -1.26. The van der Waals surface area contributed by atoms with E-state index in [1.54, 1.807) is 6.08 Å². The number of hydrogen-bond donors (Lipinski definition) is 2. The van der Waals surface area contributed by atoms with Gasteiger partial charge in [-0.15, -0.1) is 6.58 Å². The largest absolute Gasteiger partial charge is 0.271 e. The van der Waals surface area contributed by atoms with Gasteiger partial charge < -0.3 is 0 Å². The first kappa shape index (κ1) is 10.8. The smallest absolute Gasteiger partial charge is 0.128 e. The molecule has 0 radical (unpaired) electrons. The summed E-state index contributed by atoms with van der Waals surface area (Å²) < 4.78 is 26.1. The van der Waals surface area contributed by atoms with E-state index < -0.39 is 17.7 Å². The molecule has 14 heavy (non-hydrogen) atoms. The summed E-state index contributed by atoms with van der Waals surface area (Å²) in [5, 5.41) is 0. The van der Waals surface area contributed by atoms with Gasteiger partial charge in [0.2, 0.25) is 0 Å². The molecule has 0 fully saturated rings. The van der Waals surface area contributed by atoms with E-state index in [0.717, 1.165) is 18.2 Å². The van der Waals surface area contributed by atoms with Crippen LogP contribution in [0.4, 0.5) is 8.78 Å². The first-order valence-electron chi connectivity index (χ1n) is 4.21. The molecule has 0 bridgehead atoms. The fourth-order valence-electron chi connectivity index (χ4n) is 1.23. The third-order valence-corrected chi connectivity index (χ3v) is 1.94. The van der Waals surface area contributed by atoms with Gasteiger partial charge in [0.25, 0.3) is 0 Å². The number of nitrogens with two attached hydrogens (primary N) is 1. The van der Waals surface area contributed by atoms with Gasteiger partial charge >= 0.3 is 0 Å². The zero-order valence-corrected chi connectivity index (χ0v) is 7.63. The van der Waals surface area contributed by atoms with Crippen molar-refractivity contribution in [2.75, 3.05) is 0 Å². The molecule has 0 amide bonds. The molecular weight excluding hydrogens is 186 g/mol. The van der Waals surface area contributed by atoms with Gasteiger partial charge in [0.15, 0.2) is 0 Å². The molecule has 4 heteroatoms. The van der Waals surface area contributed by atoms with Crippen molar-refractivity contribution in [3.8, 4) is 0 Å². The monoisotopic (exact) mass is 198 g/mol. The van der Waals surface area contributed by atoms with Crippen molar-refractivity contribution in [2.24, 2.45) is 5.84 Å². The first-order valence-corrected chi connectivity index (χ1v) is 4.21. The highest BCUT2D eigenvalue weighted by molar-refractivity contribution is 5.22. The highest BCUT2D eigenvalue weighted by Gasteiger charge is 2.13. The van der Waals surface area contributed by atoms with Gasteiger partial charge in [-0.1, -0.05) is 6.08 Å². The van der Waals surface area contributed by atoms with Crippen molar-refractivity contribution in [2.45, 2.75) is 12.5 Å². The van der Waals surface area contributed by atoms with Crippen LogP contribution in [0.3, 0.4) is 0 Å². The van der Waals surface area contributed by atoms with Crippen molar-refractivity contribution in [1.82, 2.24) is 5.43 Å². The lowest BCUT2D eigenvalue weighted by Crippen LogP contribution is -2.28. The van der Waals surface area contributed by atoms with Crippen LogP contribution in [-0.4, -0.2) is 0 Å². The number of hydrogen-bond acceptors (Lipinski definition) is 2. The Morgan fingerprint density at radius 3 is 2.79 bits per heavy atom. The lowest BCUT2D eigenvalue weighted by Gasteiger charge is -2.14. The van der Waals surface area contributed by atoms with E-state index in [4.69, 9.17) is 5.84 Å². The van der Waals surface area contributed by atoms with Crippen LogP contribution >= 0.6 is 0 Å². The minimum atomic E-state index is -0.481. The molecule has 3 N–H and O–H groups in total. The van der Waals surface area contributed by atoms with Crippen molar-refractivity contribution < 1.29 is 8.78 Å². The Bertz CT molecular complexity index is 326. The van der Waals surface area contributed by atoms with Crippen LogP contribution < -0.4 is 11.3 Å². The predicted octanol–water partition coefficient (Wildman–Crippen LogP) is 2.05. The van der Waals surface area contributed by atoms with Crippen LogP contribution in [0.1, 0.15) is 18.0 Å². The van der Waals surface area contributed by atoms with E-state index >= 15 is 0 Å². The molecule has 0 saturated heterocycles. The molecule has 1 unspecified atom stereocenters. The van der Waals surface area contributed by atoms with E-state index in [9.17, 15) is 8.78 Å². The molecule has 76 valence electrons. The van der Waals surface area contributed by atoms with Gasteiger partial charge in [-0.25, -0.2) is 8.78 Å². The van der Waals surface area contributed by atoms with Gasteiger partial charge in [-0.3, -0.25) is 11.3 Å². The Kier molecular flexibility index (Phi) is 3.73. The van der Waals surface area contributed by atoms with Gasteiger partial charge in [0.05, 0.1) is 6.04 Å². The van der Waals surface area contributed by atoms with Crippen molar-refractivity contribution in [3.05, 3.63) is 48.1 Å². The van der Waals surface area contributed by atoms with Crippen LogP contribution in [0.15, 0.2) is 30.9 Å². The second-order valence-corrected chi connectivity index (χ2v) is 2.91. The lowest BCUT2D eigenvalue weighted by molar-refractivity contribution is 0.508. The molecule has 1 aromatic rings. The van der Waals surface area contributed by atoms with E-state index in [1.807, 2.05) is 0 Å². The summed E-state index contributed by atoms with van der Waals surface area (Å²) in [6, 6.07) is 2.84. The Labute approximate surface area is 81.4 Å². The number of rotatable bonds is 4. The molecule has 0 aliphatic heterocycles. The molecule has 0 saturated carbocycles. The van der Waals surface area contributed by atoms with E-state index in [-0.39, 0.29) is 5.56 Å². The summed E-state index contributed by atoms with van der Waals surface area (Å²) in [7, 11) is 0. The summed E-state index contributed by atoms with van der Waals surface area (Å²) in [5.41, 5.74) is 2.62. The van der Waals surface area contributed by atoms with Gasteiger partial charge in [-0.2, -0.15) is 0 Å². The Morgan fingerprint density at radius 1 is 1.50 bits per heavy atom. The average Bonchev–Trinajstić information content (AvgIpc) is 2.18. The molecule has 0 aromatic heterocycles. The molecule has 1 rings (SSSR count). The molecule has 0 aliphatic carbocycles. The molecule has 0 spiro atoms. The lowest BCUT2D eigenvalue weighted by atomic mass is 10.0. The third kappa shape index (κ3) is 2.37. The maximum absolute atomic E-state index is 13.2. The van der Waals surface area contributed by atoms with Gasteiger partial charge in [0.1, 0.15) is 11.6 Å². The van der Waals surface area contributed by atoms with Crippen molar-refractivity contribution in [3.63, 3.8) is 0 Å². The van der Waals surface area contributed by atoms with Crippen molar-refractivity contribution in [1.29, 1.82) is 0 Å². The first-order chi connectivity index (χ1) is 6.69. The van der Waals surface area contributed by atoms with E-state index in [1.165, 1.54) is 0 Å². The van der Waals surface area contributed by atoms with E-state index in [2.05, 4.69) is 12.0 Å². The summed E-state index contributed by atoms with van der Waals surface area (Å²) in [6.07, 6.45) is 2.03. The second kappa shape index (κ2) is 4.83. The zero-order chi connectivity index (χ0) is 10.6. The molecule has 0 aliphatic rings. The third-order valence-electron chi connectivity index (χ3n) is 1.94. The minimum Gasteiger partial charge on any atom is -0.271 e.